The fraction of sp³-hybridized carbons (Fsp3) is 0.263. The fourth-order valence-electron chi connectivity index (χ4n) is 2.38. The molecule has 0 aliphatic heterocycles. The molecule has 2 aromatic rings. The molecule has 0 bridgehead atoms. The molecule has 0 saturated heterocycles. The number of thiocarbonyl (C=S) groups is 1. The molecule has 0 unspecified atom stereocenters. The second-order valence-electron chi connectivity index (χ2n) is 5.37. The van der Waals surface area contributed by atoms with Gasteiger partial charge in [-0.2, -0.15) is 0 Å². The molecule has 0 aromatic heterocycles. The Kier molecular flexibility index (Phi) is 6.77. The Balaban J connectivity index is 1.98. The lowest BCUT2D eigenvalue weighted by Crippen LogP contribution is -2.30. The van der Waals surface area contributed by atoms with Crippen LogP contribution in [0.1, 0.15) is 24.2 Å². The Morgan fingerprint density at radius 3 is 2.28 bits per heavy atom. The normalized spacial score (nSPS) is 10.0. The smallest absolute Gasteiger partial charge is 0.253 e. The van der Waals surface area contributed by atoms with Crippen molar-refractivity contribution < 1.29 is 9.53 Å². The fourth-order valence-corrected chi connectivity index (χ4v) is 2.62. The van der Waals surface area contributed by atoms with Crippen molar-refractivity contribution in [3.8, 4) is 5.75 Å². The van der Waals surface area contributed by atoms with E-state index >= 15 is 0 Å². The van der Waals surface area contributed by atoms with E-state index in [9.17, 15) is 4.79 Å². The van der Waals surface area contributed by atoms with Crippen LogP contribution in [0.2, 0.25) is 0 Å². The summed E-state index contributed by atoms with van der Waals surface area (Å²) in [4.78, 5) is 14.1. The van der Waals surface area contributed by atoms with Gasteiger partial charge < -0.3 is 20.3 Å². The van der Waals surface area contributed by atoms with E-state index in [0.717, 1.165) is 17.1 Å². The number of nitrogens with one attached hydrogen (secondary N) is 2. The first-order valence-electron chi connectivity index (χ1n) is 8.18. The molecular weight excluding hydrogens is 334 g/mol. The van der Waals surface area contributed by atoms with Gasteiger partial charge in [-0.05, 0) is 62.5 Å². The lowest BCUT2D eigenvalue weighted by molar-refractivity contribution is 0.0773. The Hall–Kier alpha value is -2.60. The summed E-state index contributed by atoms with van der Waals surface area (Å²) in [5.74, 6) is 0.792. The minimum Gasteiger partial charge on any atom is -0.497 e. The molecular formula is C19H23N3O2S. The third-order valence-electron chi connectivity index (χ3n) is 3.77. The molecule has 0 heterocycles. The molecule has 0 radical (unpaired) electrons. The first-order chi connectivity index (χ1) is 12.1. The third-order valence-corrected chi connectivity index (χ3v) is 3.97. The lowest BCUT2D eigenvalue weighted by atomic mass is 10.2. The zero-order valence-corrected chi connectivity index (χ0v) is 15.5. The highest BCUT2D eigenvalue weighted by atomic mass is 32.1. The van der Waals surface area contributed by atoms with Gasteiger partial charge >= 0.3 is 0 Å². The van der Waals surface area contributed by atoms with Gasteiger partial charge in [-0.15, -0.1) is 0 Å². The van der Waals surface area contributed by atoms with Gasteiger partial charge in [0.05, 0.1) is 7.11 Å². The van der Waals surface area contributed by atoms with Crippen molar-refractivity contribution in [3.63, 3.8) is 0 Å². The molecule has 0 atom stereocenters. The number of nitrogens with zero attached hydrogens (tertiary/aromatic N) is 1. The second kappa shape index (κ2) is 9.03. The van der Waals surface area contributed by atoms with Gasteiger partial charge in [0, 0.05) is 36.1 Å². The van der Waals surface area contributed by atoms with Gasteiger partial charge in [-0.25, -0.2) is 0 Å². The van der Waals surface area contributed by atoms with E-state index in [1.54, 1.807) is 24.1 Å². The predicted octanol–water partition coefficient (Wildman–Crippen LogP) is 3.99. The number of methoxy groups -OCH3 is 1. The number of carbonyl (C=O) groups excluding carboxylic acids is 1. The van der Waals surface area contributed by atoms with Crippen LogP contribution in [0.4, 0.5) is 11.4 Å². The van der Waals surface area contributed by atoms with Gasteiger partial charge in [-0.3, -0.25) is 4.79 Å². The highest BCUT2D eigenvalue weighted by Gasteiger charge is 2.12. The zero-order valence-electron chi connectivity index (χ0n) is 14.7. The average molecular weight is 357 g/mol. The van der Waals surface area contributed by atoms with E-state index < -0.39 is 0 Å². The van der Waals surface area contributed by atoms with E-state index in [4.69, 9.17) is 17.0 Å². The maximum absolute atomic E-state index is 12.3. The zero-order chi connectivity index (χ0) is 18.2. The van der Waals surface area contributed by atoms with Crippen LogP contribution < -0.4 is 15.4 Å². The minimum atomic E-state index is 0.0358. The summed E-state index contributed by atoms with van der Waals surface area (Å²) < 4.78 is 5.19. The highest BCUT2D eigenvalue weighted by molar-refractivity contribution is 7.80. The van der Waals surface area contributed by atoms with Crippen LogP contribution in [-0.4, -0.2) is 36.1 Å². The number of amides is 1. The van der Waals surface area contributed by atoms with Crippen molar-refractivity contribution >= 4 is 34.6 Å². The van der Waals surface area contributed by atoms with Crippen molar-refractivity contribution in [1.82, 2.24) is 4.90 Å². The average Bonchev–Trinajstić information content (AvgIpc) is 2.63. The minimum absolute atomic E-state index is 0.0358. The largest absolute Gasteiger partial charge is 0.497 e. The molecule has 0 saturated carbocycles. The molecule has 132 valence electrons. The first kappa shape index (κ1) is 18.7. The maximum Gasteiger partial charge on any atom is 0.253 e. The lowest BCUT2D eigenvalue weighted by Gasteiger charge is -2.18. The van der Waals surface area contributed by atoms with Gasteiger partial charge in [0.25, 0.3) is 5.91 Å². The quantitative estimate of drug-likeness (QED) is 0.766. The van der Waals surface area contributed by atoms with Gasteiger partial charge in [0.15, 0.2) is 5.11 Å². The number of hydrogen-bond donors (Lipinski definition) is 2. The highest BCUT2D eigenvalue weighted by Crippen LogP contribution is 2.17. The molecule has 2 rings (SSSR count). The summed E-state index contributed by atoms with van der Waals surface area (Å²) >= 11 is 5.32. The van der Waals surface area contributed by atoms with E-state index in [2.05, 4.69) is 10.6 Å². The van der Waals surface area contributed by atoms with Crippen LogP contribution in [0.3, 0.4) is 0 Å². The molecule has 0 aliphatic carbocycles. The van der Waals surface area contributed by atoms with Crippen LogP contribution in [-0.2, 0) is 0 Å². The molecule has 0 aliphatic rings. The number of rotatable bonds is 6. The molecule has 2 aromatic carbocycles. The van der Waals surface area contributed by atoms with E-state index in [-0.39, 0.29) is 5.91 Å². The molecule has 25 heavy (non-hydrogen) atoms. The molecule has 0 fully saturated rings. The first-order valence-corrected chi connectivity index (χ1v) is 8.59. The Morgan fingerprint density at radius 1 is 1.04 bits per heavy atom. The van der Waals surface area contributed by atoms with Crippen LogP contribution >= 0.6 is 12.2 Å². The van der Waals surface area contributed by atoms with Crippen molar-refractivity contribution in [2.45, 2.75) is 13.8 Å². The molecule has 1 amide bonds. The Bertz CT molecular complexity index is 728. The van der Waals surface area contributed by atoms with E-state index in [1.165, 1.54) is 0 Å². The van der Waals surface area contributed by atoms with Gasteiger partial charge in [-0.1, -0.05) is 6.07 Å². The SMILES string of the molecule is CCN(CC)C(=O)c1ccc(NC(=S)Nc2cccc(OC)c2)cc1. The Labute approximate surface area is 154 Å². The van der Waals surface area contributed by atoms with Crippen LogP contribution in [0.25, 0.3) is 0 Å². The van der Waals surface area contributed by atoms with Gasteiger partial charge in [0.2, 0.25) is 0 Å². The summed E-state index contributed by atoms with van der Waals surface area (Å²) in [6.45, 7) is 5.34. The van der Waals surface area contributed by atoms with Crippen LogP contribution in [0.15, 0.2) is 48.5 Å². The van der Waals surface area contributed by atoms with Crippen molar-refractivity contribution in [2.24, 2.45) is 0 Å². The number of hydrogen-bond acceptors (Lipinski definition) is 3. The van der Waals surface area contributed by atoms with Crippen LogP contribution in [0.5, 0.6) is 5.75 Å². The molecule has 0 spiro atoms. The molecule has 2 N–H and O–H groups in total. The van der Waals surface area contributed by atoms with E-state index in [1.807, 2.05) is 50.2 Å². The monoisotopic (exact) mass is 357 g/mol. The standard InChI is InChI=1S/C19H23N3O2S/c1-4-22(5-2)18(23)14-9-11-15(12-10-14)20-19(25)21-16-7-6-8-17(13-16)24-3/h6-13H,4-5H2,1-3H3,(H2,20,21,25). The topological polar surface area (TPSA) is 53.6 Å². The van der Waals surface area contributed by atoms with Crippen LogP contribution in [0, 0.1) is 0 Å². The predicted molar refractivity (Wildman–Crippen MR) is 107 cm³/mol. The van der Waals surface area contributed by atoms with Crippen molar-refractivity contribution in [2.75, 3.05) is 30.8 Å². The molecule has 5 nitrogen and oxygen atoms in total. The number of benzene rings is 2. The Morgan fingerprint density at radius 2 is 1.68 bits per heavy atom. The molecule has 6 heteroatoms. The summed E-state index contributed by atoms with van der Waals surface area (Å²) in [7, 11) is 1.62. The van der Waals surface area contributed by atoms with Crippen molar-refractivity contribution in [1.29, 1.82) is 0 Å². The maximum atomic E-state index is 12.3. The second-order valence-corrected chi connectivity index (χ2v) is 5.77. The van der Waals surface area contributed by atoms with E-state index in [0.29, 0.717) is 23.8 Å². The number of ether oxygens (including phenoxy) is 1. The number of carbonyl (C=O) groups is 1. The third kappa shape index (κ3) is 5.19. The summed E-state index contributed by atoms with van der Waals surface area (Å²) in [6, 6.07) is 14.8. The summed E-state index contributed by atoms with van der Waals surface area (Å²) in [5.41, 5.74) is 2.32. The number of anilines is 2. The summed E-state index contributed by atoms with van der Waals surface area (Å²) in [5, 5.41) is 6.68. The summed E-state index contributed by atoms with van der Waals surface area (Å²) in [6.07, 6.45) is 0. The van der Waals surface area contributed by atoms with Crippen molar-refractivity contribution in [3.05, 3.63) is 54.1 Å². The van der Waals surface area contributed by atoms with Gasteiger partial charge in [0.1, 0.15) is 5.75 Å².